The Morgan fingerprint density at radius 3 is 2.29 bits per heavy atom. The van der Waals surface area contributed by atoms with Gasteiger partial charge in [0.25, 0.3) is 11.7 Å². The van der Waals surface area contributed by atoms with E-state index in [2.05, 4.69) is 27.4 Å². The zero-order valence-corrected chi connectivity index (χ0v) is 61.0. The van der Waals surface area contributed by atoms with Crippen molar-refractivity contribution in [2.45, 2.75) is 206 Å². The van der Waals surface area contributed by atoms with E-state index in [0.29, 0.717) is 149 Å². The number of unbranched alkanes of at least 4 members (excludes halogenated alkanes) is 3. The van der Waals surface area contributed by atoms with Crippen LogP contribution in [0.1, 0.15) is 163 Å². The highest BCUT2D eigenvalue weighted by molar-refractivity contribution is 6.39. The summed E-state index contributed by atoms with van der Waals surface area (Å²) in [5.41, 5.74) is 3.24. The highest BCUT2D eigenvalue weighted by Crippen LogP contribution is 2.46. The normalized spacial score (nSPS) is 29.3. The molecule has 9 rings (SSSR count). The van der Waals surface area contributed by atoms with Crippen LogP contribution in [0.5, 0.6) is 5.75 Å². The number of Topliss-reactive ketones (excluding diaryl/α,β-unsaturated/α-hetero) is 2. The first-order valence-corrected chi connectivity index (χ1v) is 37.2. The Bertz CT molecular complexity index is 3600. The molecule has 25 heteroatoms. The molecule has 558 valence electrons. The van der Waals surface area contributed by atoms with Crippen molar-refractivity contribution in [3.05, 3.63) is 82.7 Å². The minimum atomic E-state index is -2.58. The summed E-state index contributed by atoms with van der Waals surface area (Å²) in [4.78, 5) is 112. The van der Waals surface area contributed by atoms with Gasteiger partial charge in [0.1, 0.15) is 41.9 Å². The van der Waals surface area contributed by atoms with E-state index < -0.39 is 95.6 Å². The third-order valence-electron chi connectivity index (χ3n) is 21.4. The highest BCUT2D eigenvalue weighted by atomic mass is 35.5. The summed E-state index contributed by atoms with van der Waals surface area (Å²) < 4.78 is 39.7. The van der Waals surface area contributed by atoms with Crippen LogP contribution >= 0.6 is 11.6 Å². The largest absolute Gasteiger partial charge is 0.489 e. The number of aliphatic hydroxyl groups excluding tert-OH is 3. The van der Waals surface area contributed by atoms with Crippen LogP contribution in [0.2, 0.25) is 5.02 Å². The van der Waals surface area contributed by atoms with Crippen LogP contribution in [-0.2, 0) is 47.8 Å². The molecule has 7 N–H and O–H groups in total. The standard InChI is InChI=1S/C77H106ClFN8O15/c1-9-66(94)85-32-34-86(35-33-85)73-54-43-55(78)67-53(20-18-36-100-62-23-17-21-56(79)68(62)67)69(54)83-76(84-73)82-30-27-65(93)81-29-14-11-10-13-28-80-64(92)24-16-19-52-39-46(3)37-45(2)38-47(4)71-61(91)41-49(6)77(98,102-71)72(95)74(96)87-31-15-12-22-57(87)75(97)101-70(50(7)59(89)44-60(52)90)48(5)40-51-25-26-58(88)63(42-51)99-8/h9,17-18,20-21,23,39-40,43,45,47,49-52,57-59,61,63,70-71,88-89,91,98H,1,10-16,19,22,24-38,41-42,44H2,2-8H3,(H,80,92)(H,81,93)(H,82,83,84)/b20-18?,46-39+,48-40+/t45-,47-,49+,50+,51-,52+,57-,58+,59-,61-,63+,70+,71+,77+/m0/s1. The first-order chi connectivity index (χ1) is 48.8. The molecule has 5 aliphatic heterocycles. The van der Waals surface area contributed by atoms with Gasteiger partial charge in [0.15, 0.2) is 0 Å². The van der Waals surface area contributed by atoms with E-state index >= 15 is 4.39 Å². The topological polar surface area (TPSA) is 309 Å². The van der Waals surface area contributed by atoms with Gasteiger partial charge in [-0.25, -0.2) is 14.2 Å². The van der Waals surface area contributed by atoms with Crippen molar-refractivity contribution in [2.24, 2.45) is 35.5 Å². The van der Waals surface area contributed by atoms with Gasteiger partial charge >= 0.3 is 5.97 Å². The van der Waals surface area contributed by atoms with E-state index in [1.54, 1.807) is 51.0 Å². The number of anilines is 2. The summed E-state index contributed by atoms with van der Waals surface area (Å²) in [6.45, 7) is 17.6. The fraction of sp³-hybridized carbons (Fsp3) is 0.623. The molecule has 23 nitrogen and oxygen atoms in total. The molecule has 0 spiro atoms. The molecule has 6 heterocycles. The Morgan fingerprint density at radius 2 is 1.58 bits per heavy atom. The molecule has 1 aromatic heterocycles. The number of hydrogen-bond donors (Lipinski definition) is 7. The lowest BCUT2D eigenvalue weighted by Gasteiger charge is -2.46. The van der Waals surface area contributed by atoms with Crippen molar-refractivity contribution < 1.29 is 77.3 Å². The van der Waals surface area contributed by atoms with Crippen molar-refractivity contribution in [3.63, 3.8) is 0 Å². The molecular formula is C77H106ClFN8O15. The molecule has 2 aromatic carbocycles. The maximum Gasteiger partial charge on any atom is 0.329 e. The van der Waals surface area contributed by atoms with E-state index in [1.165, 1.54) is 12.1 Å². The number of carbonyl (C=O) groups excluding carboxylic acids is 7. The zero-order valence-electron chi connectivity index (χ0n) is 60.3. The van der Waals surface area contributed by atoms with Crippen molar-refractivity contribution in [1.82, 2.24) is 30.4 Å². The molecule has 1 aliphatic carbocycles. The van der Waals surface area contributed by atoms with Gasteiger partial charge in [0, 0.05) is 113 Å². The van der Waals surface area contributed by atoms with E-state index in [0.717, 1.165) is 23.3 Å². The number of fused-ring (bicyclic) bond motifs is 8. The van der Waals surface area contributed by atoms with E-state index in [4.69, 9.17) is 40.5 Å². The maximum absolute atomic E-state index is 15.7. The Balaban J connectivity index is 0.788. The smallest absolute Gasteiger partial charge is 0.329 e. The summed E-state index contributed by atoms with van der Waals surface area (Å²) in [7, 11) is 1.54. The number of esters is 1. The summed E-state index contributed by atoms with van der Waals surface area (Å²) in [5, 5.41) is 56.4. The Morgan fingerprint density at radius 1 is 0.853 bits per heavy atom. The third-order valence-corrected chi connectivity index (χ3v) is 21.7. The number of ether oxygens (including phenoxy) is 4. The number of nitrogens with zero attached hydrogens (tertiary/aromatic N) is 5. The van der Waals surface area contributed by atoms with Crippen LogP contribution in [0.15, 0.2) is 66.3 Å². The zero-order chi connectivity index (χ0) is 73.5. The fourth-order valence-electron chi connectivity index (χ4n) is 15.7. The predicted molar refractivity (Wildman–Crippen MR) is 386 cm³/mol. The predicted octanol–water partition coefficient (Wildman–Crippen LogP) is 9.14. The lowest BCUT2D eigenvalue weighted by Crippen LogP contribution is -2.63. The van der Waals surface area contributed by atoms with Crippen LogP contribution in [0.3, 0.4) is 0 Å². The van der Waals surface area contributed by atoms with Gasteiger partial charge in [-0.2, -0.15) is 4.98 Å². The number of carbonyl (C=O) groups is 7. The van der Waals surface area contributed by atoms with Crippen molar-refractivity contribution in [3.8, 4) is 16.9 Å². The number of ketones is 2. The molecule has 1 saturated carbocycles. The first-order valence-electron chi connectivity index (χ1n) is 36.8. The van der Waals surface area contributed by atoms with Gasteiger partial charge < -0.3 is 70.0 Å². The summed E-state index contributed by atoms with van der Waals surface area (Å²) >= 11 is 7.03. The first kappa shape index (κ1) is 78.9. The molecular weight excluding hydrogens is 1330 g/mol. The molecule has 0 radical (unpaired) electrons. The molecule has 102 heavy (non-hydrogen) atoms. The van der Waals surface area contributed by atoms with Crippen LogP contribution < -0.4 is 25.6 Å². The number of amides is 4. The number of piperazine rings is 1. The number of piperidine rings is 1. The fourth-order valence-corrected chi connectivity index (χ4v) is 16.0. The van der Waals surface area contributed by atoms with Gasteiger partial charge in [0.2, 0.25) is 29.5 Å². The van der Waals surface area contributed by atoms with Crippen LogP contribution in [0.4, 0.5) is 16.2 Å². The quantitative estimate of drug-likeness (QED) is 0.0182. The lowest BCUT2D eigenvalue weighted by atomic mass is 9.79. The number of aromatic nitrogens is 2. The number of allylic oxidation sites excluding steroid dienone is 3. The summed E-state index contributed by atoms with van der Waals surface area (Å²) in [5.74, 6) is -8.81. The Kier molecular flexibility index (Phi) is 28.2. The molecule has 2 bridgehead atoms. The van der Waals surface area contributed by atoms with Gasteiger partial charge in [-0.15, -0.1) is 0 Å². The van der Waals surface area contributed by atoms with Crippen LogP contribution in [0, 0.1) is 41.3 Å². The van der Waals surface area contributed by atoms with Crippen LogP contribution in [-0.4, -0.2) is 196 Å². The molecule has 14 atom stereocenters. The number of nitrogens with one attached hydrogen (secondary N) is 3. The average molecular weight is 1440 g/mol. The second-order valence-corrected chi connectivity index (χ2v) is 29.6. The van der Waals surface area contributed by atoms with E-state index in [1.807, 2.05) is 45.1 Å². The number of aliphatic hydroxyl groups is 4. The van der Waals surface area contributed by atoms with Gasteiger partial charge in [0.05, 0.1) is 46.6 Å². The highest BCUT2D eigenvalue weighted by Gasteiger charge is 2.56. The van der Waals surface area contributed by atoms with Gasteiger partial charge in [-0.3, -0.25) is 28.8 Å². The number of benzene rings is 2. The molecule has 3 saturated heterocycles. The molecule has 4 fully saturated rings. The minimum Gasteiger partial charge on any atom is -0.489 e. The minimum absolute atomic E-state index is 0.0212. The summed E-state index contributed by atoms with van der Waals surface area (Å²) in [6, 6.07) is 5.15. The SMILES string of the molecule is C=CC(=O)N1CCN(c2nc(NCCC(=O)NCCCCCCNC(=O)CCC[C@@H]3/C=C(\C)C[C@H](C)C[C@H](C)[C@H]4O[C@@](O)(C(=O)C(=O)N5CCCC[C@H]5C(=O)O[C@H](/C(C)=C/[C@@H]5CC[C@@H](O)[C@H](OC)C5)[C@H](C)[C@@H](O)CC3=O)[C@H](C)C[C@@H]4O)nc3c4c(c(Cl)cc23)-c2c(F)cccc2OCC=C4)CC1. The molecule has 0 unspecified atom stereocenters. The summed E-state index contributed by atoms with van der Waals surface area (Å²) in [6.07, 6.45) is 10.7. The van der Waals surface area contributed by atoms with Gasteiger partial charge in [-0.1, -0.05) is 88.6 Å². The van der Waals surface area contributed by atoms with E-state index in [-0.39, 0.29) is 104 Å². The number of halogens is 2. The van der Waals surface area contributed by atoms with Crippen molar-refractivity contribution in [2.75, 3.05) is 76.3 Å². The molecule has 6 aliphatic rings. The van der Waals surface area contributed by atoms with Crippen LogP contribution in [0.25, 0.3) is 28.1 Å². The maximum atomic E-state index is 15.7. The monoisotopic (exact) mass is 1440 g/mol. The third kappa shape index (κ3) is 19.6. The number of rotatable bonds is 20. The Hall–Kier alpha value is -7.19. The second kappa shape index (κ2) is 36.5. The van der Waals surface area contributed by atoms with E-state index in [9.17, 15) is 54.0 Å². The Labute approximate surface area is 603 Å². The molecule has 3 aromatic rings. The van der Waals surface area contributed by atoms with Gasteiger partial charge in [-0.05, 0) is 151 Å². The second-order valence-electron chi connectivity index (χ2n) is 29.2. The van der Waals surface area contributed by atoms with Crippen molar-refractivity contribution >= 4 is 81.5 Å². The molecule has 4 amide bonds. The lowest BCUT2D eigenvalue weighted by molar-refractivity contribution is -0.292. The number of methoxy groups -OCH3 is 1. The average Bonchev–Trinajstić information content (AvgIpc) is 0.754. The van der Waals surface area contributed by atoms with Crippen molar-refractivity contribution in [1.29, 1.82) is 0 Å². The number of hydrogen-bond acceptors (Lipinski definition) is 19. The number of cyclic esters (lactones) is 1.